The molecule has 192 valence electrons. The number of para-hydroxylation sites is 1. The van der Waals surface area contributed by atoms with Gasteiger partial charge in [-0.1, -0.05) is 48.5 Å². The highest BCUT2D eigenvalue weighted by atomic mass is 32.2. The van der Waals surface area contributed by atoms with E-state index in [9.17, 15) is 18.1 Å². The van der Waals surface area contributed by atoms with Gasteiger partial charge in [-0.3, -0.25) is 9.29 Å². The van der Waals surface area contributed by atoms with Gasteiger partial charge in [-0.2, -0.15) is 5.26 Å². The van der Waals surface area contributed by atoms with Gasteiger partial charge in [0.2, 0.25) is 5.95 Å². The number of nitriles is 1. The molecule has 1 saturated heterocycles. The number of morpholine rings is 1. The highest BCUT2D eigenvalue weighted by molar-refractivity contribution is 7.89. The number of benzene rings is 3. The van der Waals surface area contributed by atoms with Crippen molar-refractivity contribution < 1.29 is 17.5 Å². The van der Waals surface area contributed by atoms with Crippen LogP contribution < -0.4 is 9.62 Å². The van der Waals surface area contributed by atoms with E-state index < -0.39 is 15.8 Å². The molecule has 1 aliphatic heterocycles. The molecule has 1 fully saturated rings. The highest BCUT2D eigenvalue weighted by Crippen LogP contribution is 2.30. The summed E-state index contributed by atoms with van der Waals surface area (Å²) in [6.07, 6.45) is 0. The van der Waals surface area contributed by atoms with E-state index in [1.165, 1.54) is 0 Å². The zero-order chi connectivity index (χ0) is 26.5. The SMILES string of the molecule is N#C/C(=C(/NS(=O)(=O)c1ccc(F)cc1)c1ccccc1)c1nnc(N2CCOCC2)n1-c1ccccc1. The van der Waals surface area contributed by atoms with Crippen molar-refractivity contribution in [2.75, 3.05) is 31.2 Å². The first-order chi connectivity index (χ1) is 18.5. The summed E-state index contributed by atoms with van der Waals surface area (Å²) in [5.41, 5.74) is 1.15. The molecule has 0 aliphatic carbocycles. The first kappa shape index (κ1) is 25.1. The molecular formula is C27H23FN6O3S. The quantitative estimate of drug-likeness (QED) is 0.363. The second-order valence-corrected chi connectivity index (χ2v) is 10.1. The van der Waals surface area contributed by atoms with Crippen molar-refractivity contribution in [3.05, 3.63) is 102 Å². The van der Waals surface area contributed by atoms with Crippen LogP contribution in [-0.2, 0) is 14.8 Å². The third kappa shape index (κ3) is 5.13. The van der Waals surface area contributed by atoms with E-state index in [0.717, 1.165) is 24.3 Å². The summed E-state index contributed by atoms with van der Waals surface area (Å²) < 4.78 is 49.9. The average Bonchev–Trinajstić information content (AvgIpc) is 3.39. The summed E-state index contributed by atoms with van der Waals surface area (Å²) >= 11 is 0. The van der Waals surface area contributed by atoms with E-state index in [2.05, 4.69) is 21.0 Å². The molecule has 3 aromatic carbocycles. The minimum Gasteiger partial charge on any atom is -0.378 e. The fourth-order valence-electron chi connectivity index (χ4n) is 4.10. The van der Waals surface area contributed by atoms with Gasteiger partial charge in [0.05, 0.1) is 29.5 Å². The Morgan fingerprint density at radius 2 is 1.55 bits per heavy atom. The molecule has 9 nitrogen and oxygen atoms in total. The smallest absolute Gasteiger partial charge is 0.261 e. The third-order valence-electron chi connectivity index (χ3n) is 5.96. The molecule has 0 bridgehead atoms. The van der Waals surface area contributed by atoms with Crippen LogP contribution >= 0.6 is 0 Å². The number of rotatable bonds is 7. The average molecular weight is 531 g/mol. The van der Waals surface area contributed by atoms with Crippen molar-refractivity contribution in [3.8, 4) is 11.8 Å². The van der Waals surface area contributed by atoms with Crippen molar-refractivity contribution in [2.24, 2.45) is 0 Å². The largest absolute Gasteiger partial charge is 0.378 e. The Labute approximate surface area is 219 Å². The number of hydrogen-bond acceptors (Lipinski definition) is 7. The van der Waals surface area contributed by atoms with E-state index in [0.29, 0.717) is 43.5 Å². The van der Waals surface area contributed by atoms with Gasteiger partial charge in [-0.05, 0) is 36.4 Å². The van der Waals surface area contributed by atoms with Gasteiger partial charge in [0.15, 0.2) is 5.82 Å². The van der Waals surface area contributed by atoms with E-state index in [1.807, 2.05) is 35.2 Å². The van der Waals surface area contributed by atoms with Crippen LogP contribution in [0.2, 0.25) is 0 Å². The maximum Gasteiger partial charge on any atom is 0.261 e. The number of nitrogens with zero attached hydrogens (tertiary/aromatic N) is 5. The maximum absolute atomic E-state index is 13.5. The van der Waals surface area contributed by atoms with Gasteiger partial charge in [0.1, 0.15) is 17.5 Å². The van der Waals surface area contributed by atoms with Crippen LogP contribution in [0.1, 0.15) is 11.4 Å². The van der Waals surface area contributed by atoms with Crippen LogP contribution in [-0.4, -0.2) is 49.5 Å². The lowest BCUT2D eigenvalue weighted by Crippen LogP contribution is -2.38. The summed E-state index contributed by atoms with van der Waals surface area (Å²) in [5.74, 6) is 0.115. The fourth-order valence-corrected chi connectivity index (χ4v) is 5.21. The van der Waals surface area contributed by atoms with E-state index in [-0.39, 0.29) is 22.0 Å². The van der Waals surface area contributed by atoms with Crippen molar-refractivity contribution in [1.29, 1.82) is 5.26 Å². The minimum absolute atomic E-state index is 0.0236. The Morgan fingerprint density at radius 1 is 0.921 bits per heavy atom. The molecule has 2 heterocycles. The van der Waals surface area contributed by atoms with Crippen LogP contribution in [0.15, 0.2) is 89.8 Å². The lowest BCUT2D eigenvalue weighted by Gasteiger charge is -2.28. The number of aromatic nitrogens is 3. The number of anilines is 1. The standard InChI is InChI=1S/C27H23FN6O3S/c28-21-11-13-23(14-12-21)38(35,36)32-25(20-7-3-1-4-8-20)24(19-29)26-30-31-27(33-15-17-37-18-16-33)34(26)22-9-5-2-6-10-22/h1-14,32H,15-18H2/b25-24-. The summed E-state index contributed by atoms with van der Waals surface area (Å²) in [4.78, 5) is 1.86. The second kappa shape index (κ2) is 10.8. The minimum atomic E-state index is -4.19. The molecule has 4 aromatic rings. The molecule has 0 atom stereocenters. The van der Waals surface area contributed by atoms with Gasteiger partial charge in [-0.25, -0.2) is 12.8 Å². The zero-order valence-corrected chi connectivity index (χ0v) is 21.0. The van der Waals surface area contributed by atoms with E-state index in [4.69, 9.17) is 4.74 Å². The van der Waals surface area contributed by atoms with Crippen LogP contribution in [0.25, 0.3) is 17.0 Å². The molecule has 0 amide bonds. The Bertz CT molecular complexity index is 1590. The zero-order valence-electron chi connectivity index (χ0n) is 20.2. The van der Waals surface area contributed by atoms with Gasteiger partial charge in [-0.15, -0.1) is 10.2 Å². The molecule has 1 aromatic heterocycles. The Balaban J connectivity index is 1.72. The summed E-state index contributed by atoms with van der Waals surface area (Å²) in [6, 6.07) is 24.5. The van der Waals surface area contributed by atoms with Crippen LogP contribution in [0, 0.1) is 17.1 Å². The number of hydrogen-bond donors (Lipinski definition) is 1. The molecule has 38 heavy (non-hydrogen) atoms. The number of nitrogens with one attached hydrogen (secondary N) is 1. The van der Waals surface area contributed by atoms with E-state index >= 15 is 0 Å². The van der Waals surface area contributed by atoms with Crippen molar-refractivity contribution in [2.45, 2.75) is 4.90 Å². The van der Waals surface area contributed by atoms with Gasteiger partial charge in [0, 0.05) is 18.7 Å². The van der Waals surface area contributed by atoms with Crippen molar-refractivity contribution in [1.82, 2.24) is 19.5 Å². The van der Waals surface area contributed by atoms with Crippen molar-refractivity contribution in [3.63, 3.8) is 0 Å². The van der Waals surface area contributed by atoms with Gasteiger partial charge in [0.25, 0.3) is 10.0 Å². The molecule has 0 unspecified atom stereocenters. The summed E-state index contributed by atoms with van der Waals surface area (Å²) in [5, 5.41) is 19.2. The fraction of sp³-hybridized carbons (Fsp3) is 0.148. The molecule has 0 spiro atoms. The predicted octanol–water partition coefficient (Wildman–Crippen LogP) is 3.61. The topological polar surface area (TPSA) is 113 Å². The lowest BCUT2D eigenvalue weighted by molar-refractivity contribution is 0.122. The molecular weight excluding hydrogens is 507 g/mol. The Hall–Kier alpha value is -4.53. The maximum atomic E-state index is 13.5. The third-order valence-corrected chi connectivity index (χ3v) is 7.33. The van der Waals surface area contributed by atoms with Crippen LogP contribution in [0.4, 0.5) is 10.3 Å². The number of allylic oxidation sites excluding steroid dienone is 1. The first-order valence-electron chi connectivity index (χ1n) is 11.8. The molecule has 5 rings (SSSR count). The van der Waals surface area contributed by atoms with Crippen LogP contribution in [0.3, 0.4) is 0 Å². The van der Waals surface area contributed by atoms with Crippen LogP contribution in [0.5, 0.6) is 0 Å². The number of ether oxygens (including phenoxy) is 1. The normalized spacial score (nSPS) is 14.5. The molecule has 0 radical (unpaired) electrons. The molecule has 1 aliphatic rings. The first-order valence-corrected chi connectivity index (χ1v) is 13.3. The number of halogens is 1. The van der Waals surface area contributed by atoms with Gasteiger partial charge >= 0.3 is 0 Å². The number of sulfonamides is 1. The monoisotopic (exact) mass is 530 g/mol. The molecule has 11 heteroatoms. The van der Waals surface area contributed by atoms with Crippen molar-refractivity contribution >= 4 is 27.2 Å². The highest BCUT2D eigenvalue weighted by Gasteiger charge is 2.27. The summed E-state index contributed by atoms with van der Waals surface area (Å²) in [6.45, 7) is 2.20. The predicted molar refractivity (Wildman–Crippen MR) is 140 cm³/mol. The second-order valence-electron chi connectivity index (χ2n) is 8.38. The lowest BCUT2D eigenvalue weighted by atomic mass is 10.1. The molecule has 1 N–H and O–H groups in total. The van der Waals surface area contributed by atoms with Gasteiger partial charge < -0.3 is 9.64 Å². The van der Waals surface area contributed by atoms with E-state index in [1.54, 1.807) is 34.9 Å². The Kier molecular flexibility index (Phi) is 7.17. The molecule has 0 saturated carbocycles. The summed E-state index contributed by atoms with van der Waals surface area (Å²) in [7, 11) is -4.19. The Morgan fingerprint density at radius 3 is 2.18 bits per heavy atom.